The van der Waals surface area contributed by atoms with Gasteiger partial charge in [0.15, 0.2) is 9.84 Å². The van der Waals surface area contributed by atoms with Crippen LogP contribution < -0.4 is 0 Å². The molecule has 0 N–H and O–H groups in total. The SMILES string of the molecule is CN(Cc1ccsc1)C(=O)C1=NN([C@@H]2CCS(=O)(=O)C2)C(=O)CC1. The number of hydrogen-bond donors (Lipinski definition) is 0. The van der Waals surface area contributed by atoms with Crippen molar-refractivity contribution in [3.05, 3.63) is 22.4 Å². The van der Waals surface area contributed by atoms with E-state index in [-0.39, 0.29) is 29.7 Å². The number of nitrogens with zero attached hydrogens (tertiary/aromatic N) is 3. The Morgan fingerprint density at radius 2 is 2.25 bits per heavy atom. The van der Waals surface area contributed by atoms with Crippen LogP contribution in [0.15, 0.2) is 21.9 Å². The van der Waals surface area contributed by atoms with E-state index in [1.807, 2.05) is 16.8 Å². The first kappa shape index (κ1) is 17.1. The van der Waals surface area contributed by atoms with Crippen LogP contribution >= 0.6 is 11.3 Å². The largest absolute Gasteiger partial charge is 0.336 e. The zero-order chi connectivity index (χ0) is 17.3. The highest BCUT2D eigenvalue weighted by atomic mass is 32.2. The lowest BCUT2D eigenvalue weighted by Crippen LogP contribution is -2.44. The number of sulfone groups is 1. The summed E-state index contributed by atoms with van der Waals surface area (Å²) in [6.07, 6.45) is 0.860. The van der Waals surface area contributed by atoms with Crippen molar-refractivity contribution in [3.63, 3.8) is 0 Å². The summed E-state index contributed by atoms with van der Waals surface area (Å²) in [5.74, 6) is -0.444. The van der Waals surface area contributed by atoms with Gasteiger partial charge in [0.1, 0.15) is 5.71 Å². The quantitative estimate of drug-likeness (QED) is 0.788. The first-order valence-corrected chi connectivity index (χ1v) is 10.5. The van der Waals surface area contributed by atoms with Gasteiger partial charge in [0, 0.05) is 26.4 Å². The number of amides is 2. The van der Waals surface area contributed by atoms with Crippen LogP contribution in [0, 0.1) is 0 Å². The van der Waals surface area contributed by atoms with Crippen molar-refractivity contribution in [1.29, 1.82) is 0 Å². The summed E-state index contributed by atoms with van der Waals surface area (Å²) in [4.78, 5) is 26.2. The second-order valence-electron chi connectivity index (χ2n) is 6.13. The second kappa shape index (κ2) is 6.64. The Hall–Kier alpha value is -1.74. The fourth-order valence-corrected chi connectivity index (χ4v) is 5.28. The Kier molecular flexibility index (Phi) is 4.73. The lowest BCUT2D eigenvalue weighted by molar-refractivity contribution is -0.134. The third kappa shape index (κ3) is 3.67. The van der Waals surface area contributed by atoms with Gasteiger partial charge in [-0.3, -0.25) is 9.59 Å². The normalized spacial score (nSPS) is 23.2. The zero-order valence-electron chi connectivity index (χ0n) is 13.3. The van der Waals surface area contributed by atoms with Crippen LogP contribution in [-0.4, -0.2) is 60.4 Å². The monoisotopic (exact) mass is 369 g/mol. The molecule has 2 aliphatic rings. The van der Waals surface area contributed by atoms with Crippen molar-refractivity contribution >= 4 is 38.7 Å². The third-order valence-corrected chi connectivity index (χ3v) is 6.69. The van der Waals surface area contributed by atoms with Gasteiger partial charge < -0.3 is 4.90 Å². The Morgan fingerprint density at radius 3 is 2.88 bits per heavy atom. The molecule has 1 atom stereocenters. The summed E-state index contributed by atoms with van der Waals surface area (Å²) >= 11 is 1.57. The van der Waals surface area contributed by atoms with Gasteiger partial charge in [-0.25, -0.2) is 13.4 Å². The van der Waals surface area contributed by atoms with Crippen molar-refractivity contribution in [1.82, 2.24) is 9.91 Å². The highest BCUT2D eigenvalue weighted by Crippen LogP contribution is 2.22. The minimum absolute atomic E-state index is 0.0678. The molecule has 0 radical (unpaired) electrons. The molecule has 0 aromatic carbocycles. The number of rotatable bonds is 4. The van der Waals surface area contributed by atoms with Crippen LogP contribution in [0.5, 0.6) is 0 Å². The van der Waals surface area contributed by atoms with E-state index in [1.54, 1.807) is 23.3 Å². The topological polar surface area (TPSA) is 87.1 Å². The number of carbonyl (C=O) groups excluding carboxylic acids is 2. The van der Waals surface area contributed by atoms with Crippen LogP contribution in [0.3, 0.4) is 0 Å². The number of hydrazone groups is 1. The molecule has 3 rings (SSSR count). The van der Waals surface area contributed by atoms with Gasteiger partial charge in [0.05, 0.1) is 17.5 Å². The van der Waals surface area contributed by atoms with Gasteiger partial charge in [0.25, 0.3) is 5.91 Å². The molecule has 0 unspecified atom stereocenters. The molecule has 2 aliphatic heterocycles. The van der Waals surface area contributed by atoms with Gasteiger partial charge >= 0.3 is 0 Å². The standard InChI is InChI=1S/C15H19N3O4S2/c1-17(8-11-4-6-23-9-11)15(20)13-2-3-14(19)18(16-13)12-5-7-24(21,22)10-12/h4,6,9,12H,2-3,5,7-8,10H2,1H3/t12-/m1/s1. The third-order valence-electron chi connectivity index (χ3n) is 4.21. The Bertz CT molecular complexity index is 771. The molecule has 7 nitrogen and oxygen atoms in total. The minimum atomic E-state index is -3.11. The highest BCUT2D eigenvalue weighted by Gasteiger charge is 2.37. The Morgan fingerprint density at radius 1 is 1.46 bits per heavy atom. The molecule has 2 amide bonds. The second-order valence-corrected chi connectivity index (χ2v) is 9.14. The number of thiophene rings is 1. The van der Waals surface area contributed by atoms with Crippen molar-refractivity contribution < 1.29 is 18.0 Å². The van der Waals surface area contributed by atoms with E-state index in [2.05, 4.69) is 5.10 Å². The predicted octanol–water partition coefficient (Wildman–Crippen LogP) is 0.872. The van der Waals surface area contributed by atoms with Crippen molar-refractivity contribution in [2.75, 3.05) is 18.6 Å². The summed E-state index contributed by atoms with van der Waals surface area (Å²) in [7, 11) is -1.42. The molecule has 24 heavy (non-hydrogen) atoms. The maximum atomic E-state index is 12.6. The van der Waals surface area contributed by atoms with Crippen LogP contribution in [0.4, 0.5) is 0 Å². The van der Waals surface area contributed by atoms with Gasteiger partial charge in [-0.2, -0.15) is 16.4 Å². The van der Waals surface area contributed by atoms with E-state index in [4.69, 9.17) is 0 Å². The summed E-state index contributed by atoms with van der Waals surface area (Å²) in [5, 5.41) is 9.36. The predicted molar refractivity (Wildman–Crippen MR) is 91.4 cm³/mol. The zero-order valence-corrected chi connectivity index (χ0v) is 15.0. The van der Waals surface area contributed by atoms with E-state index >= 15 is 0 Å². The van der Waals surface area contributed by atoms with Crippen LogP contribution in [0.1, 0.15) is 24.8 Å². The Labute approximate surface area is 144 Å². The van der Waals surface area contributed by atoms with Gasteiger partial charge in [0.2, 0.25) is 5.91 Å². The summed E-state index contributed by atoms with van der Waals surface area (Å²) in [6.45, 7) is 0.479. The van der Waals surface area contributed by atoms with Crippen molar-refractivity contribution in [2.24, 2.45) is 5.10 Å². The average molecular weight is 369 g/mol. The van der Waals surface area contributed by atoms with E-state index in [9.17, 15) is 18.0 Å². The van der Waals surface area contributed by atoms with Gasteiger partial charge in [-0.1, -0.05) is 0 Å². The molecular formula is C15H19N3O4S2. The van der Waals surface area contributed by atoms with E-state index < -0.39 is 15.9 Å². The molecule has 0 aliphatic carbocycles. The Balaban J connectivity index is 1.73. The fourth-order valence-electron chi connectivity index (χ4n) is 2.93. The highest BCUT2D eigenvalue weighted by molar-refractivity contribution is 7.91. The summed E-state index contributed by atoms with van der Waals surface area (Å²) in [5.41, 5.74) is 1.36. The summed E-state index contributed by atoms with van der Waals surface area (Å²) < 4.78 is 23.3. The summed E-state index contributed by atoms with van der Waals surface area (Å²) in [6, 6.07) is 1.50. The lowest BCUT2D eigenvalue weighted by Gasteiger charge is -2.28. The van der Waals surface area contributed by atoms with Crippen LogP contribution in [0.2, 0.25) is 0 Å². The molecule has 9 heteroatoms. The smallest absolute Gasteiger partial charge is 0.270 e. The molecule has 130 valence electrons. The van der Waals surface area contributed by atoms with Crippen LogP contribution in [-0.2, 0) is 26.0 Å². The van der Waals surface area contributed by atoms with Crippen LogP contribution in [0.25, 0.3) is 0 Å². The molecule has 1 aromatic rings. The molecule has 0 bridgehead atoms. The van der Waals surface area contributed by atoms with Crippen molar-refractivity contribution in [2.45, 2.75) is 31.8 Å². The van der Waals surface area contributed by atoms with Crippen molar-refractivity contribution in [3.8, 4) is 0 Å². The van der Waals surface area contributed by atoms with E-state index in [0.717, 1.165) is 5.56 Å². The molecule has 0 saturated carbocycles. The lowest BCUT2D eigenvalue weighted by atomic mass is 10.1. The first-order valence-electron chi connectivity index (χ1n) is 7.72. The number of carbonyl (C=O) groups is 2. The van der Waals surface area contributed by atoms with E-state index in [1.165, 1.54) is 5.01 Å². The number of hydrogen-bond acceptors (Lipinski definition) is 6. The molecule has 3 heterocycles. The molecule has 0 spiro atoms. The van der Waals surface area contributed by atoms with Gasteiger partial charge in [-0.15, -0.1) is 0 Å². The maximum Gasteiger partial charge on any atom is 0.270 e. The molecule has 1 saturated heterocycles. The fraction of sp³-hybridized carbons (Fsp3) is 0.533. The van der Waals surface area contributed by atoms with Gasteiger partial charge in [-0.05, 0) is 28.8 Å². The molecule has 1 aromatic heterocycles. The first-order chi connectivity index (χ1) is 11.4. The molecule has 1 fully saturated rings. The maximum absolute atomic E-state index is 12.6. The average Bonchev–Trinajstić information content (AvgIpc) is 3.16. The minimum Gasteiger partial charge on any atom is -0.336 e. The molecular weight excluding hydrogens is 350 g/mol. The van der Waals surface area contributed by atoms with E-state index in [0.29, 0.717) is 25.1 Å².